The van der Waals surface area contributed by atoms with Gasteiger partial charge >= 0.3 is 0 Å². The molecule has 2 aliphatic heterocycles. The monoisotopic (exact) mass is 472 g/mol. The van der Waals surface area contributed by atoms with Crippen molar-refractivity contribution in [2.24, 2.45) is 0 Å². The van der Waals surface area contributed by atoms with Crippen LogP contribution in [-0.2, 0) is 17.7 Å². The first-order chi connectivity index (χ1) is 16.8. The van der Waals surface area contributed by atoms with Crippen LogP contribution in [0, 0.1) is 0 Å². The van der Waals surface area contributed by atoms with Gasteiger partial charge in [-0.3, -0.25) is 9.69 Å². The molecule has 1 amide bonds. The fraction of sp³-hybridized carbons (Fsp3) is 0.370. The van der Waals surface area contributed by atoms with Crippen molar-refractivity contribution in [2.45, 2.75) is 51.2 Å². The van der Waals surface area contributed by atoms with Gasteiger partial charge in [0, 0.05) is 18.7 Å². The van der Waals surface area contributed by atoms with Gasteiger partial charge in [-0.05, 0) is 44.2 Å². The number of fused-ring (bicyclic) bond motifs is 2. The summed E-state index contributed by atoms with van der Waals surface area (Å²) in [6.07, 6.45) is 6.25. The van der Waals surface area contributed by atoms with Crippen LogP contribution in [0.1, 0.15) is 48.3 Å². The fourth-order valence-corrected chi connectivity index (χ4v) is 6.02. The largest absolute Gasteiger partial charge is 0.376 e. The van der Waals surface area contributed by atoms with Gasteiger partial charge in [-0.15, -0.1) is 0 Å². The van der Waals surface area contributed by atoms with Crippen molar-refractivity contribution >= 4 is 32.6 Å². The van der Waals surface area contributed by atoms with Crippen LogP contribution < -0.4 is 4.90 Å². The van der Waals surface area contributed by atoms with Crippen LogP contribution in [-0.4, -0.2) is 39.7 Å². The average Bonchev–Trinajstić information content (AvgIpc) is 3.58. The standard InChI is InChI=1S/C27H28N4O2S/c32-26(24-22-14-5-2-8-16-30(22)25(29-24)19-10-3-1-4-11-19)31(18-20-12-9-17-33-20)27-28-21-13-6-7-15-23(21)34-27/h1,3-4,6-7,10-11,13,15,20H,2,5,8-9,12,14,16-18H2. The third-order valence-electron chi connectivity index (χ3n) is 6.77. The number of rotatable bonds is 5. The summed E-state index contributed by atoms with van der Waals surface area (Å²) in [5.74, 6) is 0.824. The number of carbonyl (C=O) groups excluding carboxylic acids is 1. The van der Waals surface area contributed by atoms with Crippen LogP contribution in [0.5, 0.6) is 0 Å². The molecule has 1 fully saturated rings. The highest BCUT2D eigenvalue weighted by molar-refractivity contribution is 7.22. The number of para-hydroxylation sites is 1. The minimum atomic E-state index is -0.0672. The number of imidazole rings is 1. The molecule has 4 aromatic rings. The summed E-state index contributed by atoms with van der Waals surface area (Å²) >= 11 is 1.56. The summed E-state index contributed by atoms with van der Waals surface area (Å²) in [5.41, 5.74) is 3.59. The second-order valence-corrected chi connectivity index (χ2v) is 10.1. The van der Waals surface area contributed by atoms with Gasteiger partial charge in [-0.25, -0.2) is 9.97 Å². The fourth-order valence-electron chi connectivity index (χ4n) is 5.04. The molecule has 7 heteroatoms. The van der Waals surface area contributed by atoms with Crippen molar-refractivity contribution in [3.63, 3.8) is 0 Å². The van der Waals surface area contributed by atoms with E-state index < -0.39 is 0 Å². The third-order valence-corrected chi connectivity index (χ3v) is 7.83. The Morgan fingerprint density at radius 1 is 1.03 bits per heavy atom. The van der Waals surface area contributed by atoms with E-state index in [2.05, 4.69) is 22.8 Å². The molecule has 6 nitrogen and oxygen atoms in total. The molecular formula is C27H28N4O2S. The van der Waals surface area contributed by atoms with Crippen LogP contribution in [0.25, 0.3) is 21.6 Å². The lowest BCUT2D eigenvalue weighted by molar-refractivity contribution is 0.0913. The number of ether oxygens (including phenoxy) is 1. The first kappa shape index (κ1) is 21.5. The number of anilines is 1. The lowest BCUT2D eigenvalue weighted by Gasteiger charge is -2.22. The Labute approximate surface area is 203 Å². The van der Waals surface area contributed by atoms with E-state index >= 15 is 0 Å². The first-order valence-corrected chi connectivity index (χ1v) is 13.0. The van der Waals surface area contributed by atoms with Crippen LogP contribution in [0.4, 0.5) is 5.13 Å². The molecule has 0 saturated carbocycles. The first-order valence-electron chi connectivity index (χ1n) is 12.2. The molecule has 2 aliphatic rings. The molecule has 2 aromatic heterocycles. The maximum Gasteiger partial charge on any atom is 0.280 e. The maximum absolute atomic E-state index is 14.2. The molecule has 4 heterocycles. The molecule has 1 atom stereocenters. The quantitative estimate of drug-likeness (QED) is 0.373. The summed E-state index contributed by atoms with van der Waals surface area (Å²) in [5, 5.41) is 0.721. The molecule has 2 aromatic carbocycles. The van der Waals surface area contributed by atoms with Crippen molar-refractivity contribution in [1.29, 1.82) is 0 Å². The number of thiazole rings is 1. The molecule has 174 valence electrons. The van der Waals surface area contributed by atoms with Gasteiger partial charge in [0.2, 0.25) is 0 Å². The number of carbonyl (C=O) groups is 1. The molecule has 0 N–H and O–H groups in total. The molecular weight excluding hydrogens is 444 g/mol. The zero-order chi connectivity index (χ0) is 22.9. The predicted octanol–water partition coefficient (Wildman–Crippen LogP) is 5.71. The Morgan fingerprint density at radius 2 is 1.88 bits per heavy atom. The van der Waals surface area contributed by atoms with Crippen molar-refractivity contribution in [3.8, 4) is 11.4 Å². The minimum Gasteiger partial charge on any atom is -0.376 e. The van der Waals surface area contributed by atoms with E-state index in [4.69, 9.17) is 14.7 Å². The Hall–Kier alpha value is -3.03. The van der Waals surface area contributed by atoms with E-state index in [1.807, 2.05) is 41.3 Å². The van der Waals surface area contributed by atoms with Gasteiger partial charge in [0.15, 0.2) is 10.8 Å². The molecule has 1 saturated heterocycles. The lowest BCUT2D eigenvalue weighted by atomic mass is 10.1. The second-order valence-electron chi connectivity index (χ2n) is 9.07. The summed E-state index contributed by atoms with van der Waals surface area (Å²) in [7, 11) is 0. The Kier molecular flexibility index (Phi) is 5.89. The molecule has 1 unspecified atom stereocenters. The average molecular weight is 473 g/mol. The van der Waals surface area contributed by atoms with Crippen molar-refractivity contribution < 1.29 is 9.53 Å². The molecule has 0 radical (unpaired) electrons. The number of hydrogen-bond acceptors (Lipinski definition) is 5. The van der Waals surface area contributed by atoms with Crippen molar-refractivity contribution in [3.05, 3.63) is 66.0 Å². The van der Waals surface area contributed by atoms with E-state index in [1.165, 1.54) is 6.42 Å². The van der Waals surface area contributed by atoms with Crippen LogP contribution >= 0.6 is 11.3 Å². The van der Waals surface area contributed by atoms with Gasteiger partial charge < -0.3 is 9.30 Å². The predicted molar refractivity (Wildman–Crippen MR) is 135 cm³/mol. The number of benzene rings is 2. The topological polar surface area (TPSA) is 60.2 Å². The van der Waals surface area contributed by atoms with Gasteiger partial charge in [-0.1, -0.05) is 60.2 Å². The second kappa shape index (κ2) is 9.31. The van der Waals surface area contributed by atoms with Gasteiger partial charge in [0.05, 0.1) is 28.6 Å². The molecule has 0 bridgehead atoms. The van der Waals surface area contributed by atoms with Gasteiger partial charge in [0.1, 0.15) is 5.82 Å². The van der Waals surface area contributed by atoms with E-state index in [-0.39, 0.29) is 12.0 Å². The normalized spacial score (nSPS) is 18.1. The van der Waals surface area contributed by atoms with Crippen molar-refractivity contribution in [1.82, 2.24) is 14.5 Å². The maximum atomic E-state index is 14.2. The lowest BCUT2D eigenvalue weighted by Crippen LogP contribution is -2.38. The number of aromatic nitrogens is 3. The van der Waals surface area contributed by atoms with E-state index in [0.29, 0.717) is 12.2 Å². The Bertz CT molecular complexity index is 1270. The highest BCUT2D eigenvalue weighted by Gasteiger charge is 2.32. The molecule has 6 rings (SSSR count). The zero-order valence-corrected chi connectivity index (χ0v) is 20.0. The third kappa shape index (κ3) is 4.03. The van der Waals surface area contributed by atoms with Crippen molar-refractivity contribution in [2.75, 3.05) is 18.1 Å². The molecule has 34 heavy (non-hydrogen) atoms. The summed E-state index contributed by atoms with van der Waals surface area (Å²) in [4.78, 5) is 25.8. The number of hydrogen-bond donors (Lipinski definition) is 0. The summed E-state index contributed by atoms with van der Waals surface area (Å²) in [6, 6.07) is 18.3. The SMILES string of the molecule is O=C(c1nc(-c2ccccc2)n2c1CCCCC2)N(CC1CCCO1)c1nc2ccccc2s1. The number of nitrogens with zero attached hydrogens (tertiary/aromatic N) is 4. The number of amides is 1. The Balaban J connectivity index is 1.44. The van der Waals surface area contributed by atoms with Crippen LogP contribution in [0.2, 0.25) is 0 Å². The highest BCUT2D eigenvalue weighted by atomic mass is 32.1. The van der Waals surface area contributed by atoms with E-state index in [9.17, 15) is 4.79 Å². The summed E-state index contributed by atoms with van der Waals surface area (Å²) in [6.45, 7) is 2.16. The van der Waals surface area contributed by atoms with Gasteiger partial charge in [0.25, 0.3) is 5.91 Å². The smallest absolute Gasteiger partial charge is 0.280 e. The van der Waals surface area contributed by atoms with Gasteiger partial charge in [-0.2, -0.15) is 0 Å². The highest BCUT2D eigenvalue weighted by Crippen LogP contribution is 2.33. The minimum absolute atomic E-state index is 0.0331. The molecule has 0 aliphatic carbocycles. The van der Waals surface area contributed by atoms with E-state index in [0.717, 1.165) is 77.7 Å². The van der Waals surface area contributed by atoms with Crippen LogP contribution in [0.15, 0.2) is 54.6 Å². The van der Waals surface area contributed by atoms with E-state index in [1.54, 1.807) is 11.3 Å². The van der Waals surface area contributed by atoms with Crippen LogP contribution in [0.3, 0.4) is 0 Å². The molecule has 0 spiro atoms. The Morgan fingerprint density at radius 3 is 2.71 bits per heavy atom. The summed E-state index contributed by atoms with van der Waals surface area (Å²) < 4.78 is 9.29. The zero-order valence-electron chi connectivity index (χ0n) is 19.2.